The van der Waals surface area contributed by atoms with E-state index >= 15 is 0 Å². The predicted octanol–water partition coefficient (Wildman–Crippen LogP) is 3.19. The average Bonchev–Trinajstić information content (AvgIpc) is 2.47. The van der Waals surface area contributed by atoms with Gasteiger partial charge in [-0.25, -0.2) is 0 Å². The minimum absolute atomic E-state index is 0.545. The Morgan fingerprint density at radius 2 is 2.16 bits per heavy atom. The van der Waals surface area contributed by atoms with E-state index in [-0.39, 0.29) is 0 Å². The van der Waals surface area contributed by atoms with Crippen LogP contribution in [0.15, 0.2) is 42.6 Å². The number of rotatable bonds is 4. The molecule has 0 aliphatic rings. The summed E-state index contributed by atoms with van der Waals surface area (Å²) in [5.41, 5.74) is 1.17. The molecule has 2 rings (SSSR count). The monoisotopic (exact) mass is 254 g/mol. The number of aromatic nitrogens is 1. The van der Waals surface area contributed by atoms with Crippen molar-refractivity contribution in [3.63, 3.8) is 0 Å². The smallest absolute Gasteiger partial charge is 0.145 e. The number of ether oxygens (including phenoxy) is 1. The molecule has 1 heterocycles. The van der Waals surface area contributed by atoms with Crippen molar-refractivity contribution in [1.82, 2.24) is 4.98 Å². The highest BCUT2D eigenvalue weighted by Crippen LogP contribution is 2.23. The Bertz CT molecular complexity index is 588. The summed E-state index contributed by atoms with van der Waals surface area (Å²) >= 11 is 0. The van der Waals surface area contributed by atoms with Gasteiger partial charge in [-0.15, -0.1) is 0 Å². The van der Waals surface area contributed by atoms with Crippen LogP contribution in [0.1, 0.15) is 30.7 Å². The van der Waals surface area contributed by atoms with Crippen LogP contribution in [-0.2, 0) is 0 Å². The SMILES string of the molecule is CCC(O)c1ccc(Oc2cccc(C#N)c2)cn1. The van der Waals surface area contributed by atoms with Crippen LogP contribution in [-0.4, -0.2) is 10.1 Å². The quantitative estimate of drug-likeness (QED) is 0.909. The molecule has 1 unspecified atom stereocenters. The fourth-order valence-corrected chi connectivity index (χ4v) is 1.62. The summed E-state index contributed by atoms with van der Waals surface area (Å²) in [5, 5.41) is 18.4. The fourth-order valence-electron chi connectivity index (χ4n) is 1.62. The number of hydrogen-bond acceptors (Lipinski definition) is 4. The van der Waals surface area contributed by atoms with Gasteiger partial charge in [-0.2, -0.15) is 5.26 Å². The lowest BCUT2D eigenvalue weighted by Gasteiger charge is -2.09. The van der Waals surface area contributed by atoms with Crippen LogP contribution in [0.2, 0.25) is 0 Å². The molecule has 0 aliphatic carbocycles. The largest absolute Gasteiger partial charge is 0.456 e. The van der Waals surface area contributed by atoms with E-state index < -0.39 is 6.10 Å². The zero-order chi connectivity index (χ0) is 13.7. The molecule has 4 heteroatoms. The van der Waals surface area contributed by atoms with Crippen molar-refractivity contribution in [3.05, 3.63) is 53.9 Å². The summed E-state index contributed by atoms with van der Waals surface area (Å²) in [6, 6.07) is 12.4. The third kappa shape index (κ3) is 3.30. The summed E-state index contributed by atoms with van der Waals surface area (Å²) < 4.78 is 5.59. The first-order valence-electron chi connectivity index (χ1n) is 6.05. The molecule has 1 N–H and O–H groups in total. The number of nitriles is 1. The van der Waals surface area contributed by atoms with Gasteiger partial charge in [0, 0.05) is 0 Å². The Hall–Kier alpha value is -2.38. The number of nitrogens with zero attached hydrogens (tertiary/aromatic N) is 2. The minimum atomic E-state index is -0.545. The van der Waals surface area contributed by atoms with Crippen LogP contribution in [0.4, 0.5) is 0 Å². The van der Waals surface area contributed by atoms with Gasteiger partial charge in [-0.1, -0.05) is 13.0 Å². The molecule has 0 saturated heterocycles. The Morgan fingerprint density at radius 3 is 2.79 bits per heavy atom. The highest BCUT2D eigenvalue weighted by molar-refractivity contribution is 5.38. The molecule has 96 valence electrons. The Balaban J connectivity index is 2.13. The molecule has 1 atom stereocenters. The van der Waals surface area contributed by atoms with Crippen LogP contribution >= 0.6 is 0 Å². The molecule has 0 bridgehead atoms. The van der Waals surface area contributed by atoms with Gasteiger partial charge >= 0.3 is 0 Å². The van der Waals surface area contributed by atoms with Crippen LogP contribution in [0, 0.1) is 11.3 Å². The van der Waals surface area contributed by atoms with Crippen molar-refractivity contribution in [2.75, 3.05) is 0 Å². The van der Waals surface area contributed by atoms with Crippen molar-refractivity contribution in [2.45, 2.75) is 19.4 Å². The van der Waals surface area contributed by atoms with Crippen molar-refractivity contribution in [2.24, 2.45) is 0 Å². The van der Waals surface area contributed by atoms with Crippen molar-refractivity contribution in [1.29, 1.82) is 5.26 Å². The molecule has 2 aromatic rings. The summed E-state index contributed by atoms with van der Waals surface area (Å²) in [6.45, 7) is 1.89. The summed E-state index contributed by atoms with van der Waals surface area (Å²) in [4.78, 5) is 4.15. The molecule has 0 fully saturated rings. The maximum atomic E-state index is 9.64. The molecular formula is C15H14N2O2. The highest BCUT2D eigenvalue weighted by Gasteiger charge is 2.06. The third-order valence-electron chi connectivity index (χ3n) is 2.69. The second-order valence-electron chi connectivity index (χ2n) is 4.08. The van der Waals surface area contributed by atoms with E-state index in [2.05, 4.69) is 11.1 Å². The van der Waals surface area contributed by atoms with Gasteiger partial charge in [0.1, 0.15) is 11.5 Å². The molecule has 19 heavy (non-hydrogen) atoms. The predicted molar refractivity (Wildman–Crippen MR) is 70.7 cm³/mol. The average molecular weight is 254 g/mol. The zero-order valence-corrected chi connectivity index (χ0v) is 10.6. The number of aliphatic hydroxyl groups is 1. The summed E-state index contributed by atoms with van der Waals surface area (Å²) in [7, 11) is 0. The maximum Gasteiger partial charge on any atom is 0.145 e. The maximum absolute atomic E-state index is 9.64. The fraction of sp³-hybridized carbons (Fsp3) is 0.200. The van der Waals surface area contributed by atoms with Crippen molar-refractivity contribution < 1.29 is 9.84 Å². The third-order valence-corrected chi connectivity index (χ3v) is 2.69. The van der Waals surface area contributed by atoms with E-state index in [1.54, 1.807) is 42.6 Å². The number of aliphatic hydroxyl groups excluding tert-OH is 1. The van der Waals surface area contributed by atoms with Crippen molar-refractivity contribution in [3.8, 4) is 17.6 Å². The molecule has 1 aromatic carbocycles. The molecule has 1 aromatic heterocycles. The van der Waals surface area contributed by atoms with Crippen LogP contribution in [0.25, 0.3) is 0 Å². The van der Waals surface area contributed by atoms with Gasteiger partial charge in [0.15, 0.2) is 0 Å². The van der Waals surface area contributed by atoms with Crippen LogP contribution < -0.4 is 4.74 Å². The van der Waals surface area contributed by atoms with Crippen molar-refractivity contribution >= 4 is 0 Å². The van der Waals surface area contributed by atoms with Gasteiger partial charge < -0.3 is 9.84 Å². The van der Waals surface area contributed by atoms with E-state index in [0.717, 1.165) is 0 Å². The van der Waals surface area contributed by atoms with E-state index in [0.29, 0.717) is 29.2 Å². The second-order valence-corrected chi connectivity index (χ2v) is 4.08. The van der Waals surface area contributed by atoms with Crippen LogP contribution in [0.3, 0.4) is 0 Å². The number of hydrogen-bond donors (Lipinski definition) is 1. The van der Waals surface area contributed by atoms with Gasteiger partial charge in [0.05, 0.1) is 29.6 Å². The molecule has 0 saturated carbocycles. The minimum Gasteiger partial charge on any atom is -0.456 e. The van der Waals surface area contributed by atoms with Gasteiger partial charge in [0.25, 0.3) is 0 Å². The lowest BCUT2D eigenvalue weighted by Crippen LogP contribution is -1.98. The first-order chi connectivity index (χ1) is 9.22. The number of benzene rings is 1. The summed E-state index contributed by atoms with van der Waals surface area (Å²) in [6.07, 6.45) is 1.64. The van der Waals surface area contributed by atoms with Gasteiger partial charge in [-0.3, -0.25) is 4.98 Å². The van der Waals surface area contributed by atoms with E-state index in [9.17, 15) is 5.11 Å². The Kier molecular flexibility index (Phi) is 4.11. The molecule has 0 radical (unpaired) electrons. The standard InChI is InChI=1S/C15H14N2O2/c1-2-15(18)14-7-6-13(10-17-14)19-12-5-3-4-11(8-12)9-16/h3-8,10,15,18H,2H2,1H3. The molecular weight excluding hydrogens is 240 g/mol. The topological polar surface area (TPSA) is 66.1 Å². The van der Waals surface area contributed by atoms with Gasteiger partial charge in [0.2, 0.25) is 0 Å². The second kappa shape index (κ2) is 5.98. The number of pyridine rings is 1. The van der Waals surface area contributed by atoms with E-state index in [1.165, 1.54) is 0 Å². The molecule has 0 aliphatic heterocycles. The van der Waals surface area contributed by atoms with Gasteiger partial charge in [-0.05, 0) is 36.8 Å². The molecule has 4 nitrogen and oxygen atoms in total. The summed E-state index contributed by atoms with van der Waals surface area (Å²) in [5.74, 6) is 1.16. The molecule has 0 amide bonds. The lowest BCUT2D eigenvalue weighted by molar-refractivity contribution is 0.169. The molecule has 0 spiro atoms. The Labute approximate surface area is 111 Å². The van der Waals surface area contributed by atoms with E-state index in [1.807, 2.05) is 6.92 Å². The van der Waals surface area contributed by atoms with E-state index in [4.69, 9.17) is 10.00 Å². The highest BCUT2D eigenvalue weighted by atomic mass is 16.5. The normalized spacial score (nSPS) is 11.6. The first kappa shape index (κ1) is 13.1. The first-order valence-corrected chi connectivity index (χ1v) is 6.05. The Morgan fingerprint density at radius 1 is 1.32 bits per heavy atom. The lowest BCUT2D eigenvalue weighted by atomic mass is 10.2. The zero-order valence-electron chi connectivity index (χ0n) is 10.6. The van der Waals surface area contributed by atoms with Crippen LogP contribution in [0.5, 0.6) is 11.5 Å².